The summed E-state index contributed by atoms with van der Waals surface area (Å²) in [7, 11) is -5.47. The van der Waals surface area contributed by atoms with E-state index in [0.717, 1.165) is 74.1 Å². The molecule has 0 amide bonds. The van der Waals surface area contributed by atoms with Gasteiger partial charge in [0.2, 0.25) is 5.69 Å². The Morgan fingerprint density at radius 3 is 2.14 bits per heavy atom. The van der Waals surface area contributed by atoms with Crippen LogP contribution in [0.15, 0.2) is 118 Å². The molecule has 2 heterocycles. The zero-order valence-electron chi connectivity index (χ0n) is 34.4. The summed E-state index contributed by atoms with van der Waals surface area (Å²) in [6, 6.07) is 22.2. The van der Waals surface area contributed by atoms with E-state index >= 15 is 0 Å². The summed E-state index contributed by atoms with van der Waals surface area (Å²) in [5.74, 6) is 0.404. The Labute approximate surface area is 370 Å². The number of hydrogen-bond acceptors (Lipinski definition) is 10. The van der Waals surface area contributed by atoms with Crippen LogP contribution < -0.4 is 43.9 Å². The minimum atomic E-state index is -4.35. The monoisotopic (exact) mass is 854 g/mol. The Morgan fingerprint density at radius 2 is 1.45 bits per heavy atom. The summed E-state index contributed by atoms with van der Waals surface area (Å²) < 4.78 is 82.7. The van der Waals surface area contributed by atoms with Crippen LogP contribution >= 0.6 is 11.8 Å². The van der Waals surface area contributed by atoms with Crippen molar-refractivity contribution >= 4 is 49.1 Å². The number of allylic oxidation sites excluding steroid dienone is 7. The van der Waals surface area contributed by atoms with Crippen LogP contribution in [0.3, 0.4) is 0 Å². The summed E-state index contributed by atoms with van der Waals surface area (Å²) in [5.41, 5.74) is 7.88. The molecule has 6 rings (SSSR count). The Morgan fingerprint density at radius 1 is 0.793 bits per heavy atom. The second-order valence-corrected chi connectivity index (χ2v) is 19.7. The van der Waals surface area contributed by atoms with E-state index in [9.17, 15) is 25.9 Å². The number of hydrogen-bond donors (Lipinski definition) is 0. The normalized spacial score (nSPS) is 18.9. The molecule has 0 radical (unpaired) electrons. The molecule has 14 heteroatoms. The van der Waals surface area contributed by atoms with Gasteiger partial charge >= 0.3 is 29.6 Å². The third-order valence-corrected chi connectivity index (χ3v) is 13.9. The first-order valence-corrected chi connectivity index (χ1v) is 23.1. The first-order valence-electron chi connectivity index (χ1n) is 19.2. The van der Waals surface area contributed by atoms with Gasteiger partial charge in [-0.15, -0.1) is 0 Å². The zero-order chi connectivity index (χ0) is 41.2. The molecule has 0 unspecified atom stereocenters. The molecule has 0 saturated heterocycles. The van der Waals surface area contributed by atoms with Crippen LogP contribution in [-0.4, -0.2) is 75.0 Å². The van der Waals surface area contributed by atoms with Crippen molar-refractivity contribution in [3.05, 3.63) is 124 Å². The van der Waals surface area contributed by atoms with Gasteiger partial charge in [0, 0.05) is 68.8 Å². The van der Waals surface area contributed by atoms with Crippen molar-refractivity contribution in [2.75, 3.05) is 43.7 Å². The van der Waals surface area contributed by atoms with Crippen molar-refractivity contribution in [2.45, 2.75) is 75.5 Å². The van der Waals surface area contributed by atoms with E-state index in [-0.39, 0.29) is 53.2 Å². The van der Waals surface area contributed by atoms with Crippen LogP contribution in [0.4, 0.5) is 11.4 Å². The van der Waals surface area contributed by atoms with Crippen molar-refractivity contribution in [3.8, 4) is 11.5 Å². The van der Waals surface area contributed by atoms with E-state index in [1.807, 2.05) is 54.6 Å². The van der Waals surface area contributed by atoms with E-state index < -0.39 is 31.7 Å². The fourth-order valence-corrected chi connectivity index (χ4v) is 10.4. The molecular weight excluding hydrogens is 804 g/mol. The number of ether oxygens (including phenoxy) is 2. The number of anilines is 1. The predicted molar refractivity (Wildman–Crippen MR) is 226 cm³/mol. The number of methoxy groups -OCH3 is 2. The number of fused-ring (bicyclic) bond motifs is 2. The second-order valence-electron chi connectivity index (χ2n) is 15.6. The molecule has 3 aromatic carbocycles. The summed E-state index contributed by atoms with van der Waals surface area (Å²) in [6.07, 6.45) is 11.7. The molecule has 0 fully saturated rings. The molecule has 0 atom stereocenters. The molecule has 0 spiro atoms. The van der Waals surface area contributed by atoms with Gasteiger partial charge in [-0.3, -0.25) is 0 Å². The standard InChI is InChI=1S/C44H52N2O8S3.Na/c1-43(2)34-16-7-9-18-36(34)45(26-12-28-56(47,48)49)40(43)24-20-31-14-11-15-32(42(31)55-33-22-23-38(53-5)39(30-33)54-6)21-25-41-44(3,4)35-17-8-10-19-37(35)46(41)27-13-29-57(50,51)52;/h7-10,16-25,30H,11-15,26-29H2,1-6H3,(H-,47,48,49,50,51,52);/q;+1/p-1. The minimum absolute atomic E-state index is 0. The van der Waals surface area contributed by atoms with Crippen molar-refractivity contribution < 1.29 is 69.5 Å². The van der Waals surface area contributed by atoms with Gasteiger partial charge in [0.1, 0.15) is 6.54 Å². The first-order chi connectivity index (χ1) is 26.9. The fraction of sp³-hybridized carbons (Fsp3) is 0.386. The molecule has 3 aliphatic rings. The average Bonchev–Trinajstić information content (AvgIpc) is 3.50. The van der Waals surface area contributed by atoms with Crippen LogP contribution in [0.5, 0.6) is 11.5 Å². The van der Waals surface area contributed by atoms with Gasteiger partial charge < -0.3 is 23.5 Å². The maximum Gasteiger partial charge on any atom is 1.00 e. The van der Waals surface area contributed by atoms with Gasteiger partial charge in [-0.2, -0.15) is 4.58 Å². The van der Waals surface area contributed by atoms with E-state index in [0.29, 0.717) is 24.6 Å². The number of para-hydroxylation sites is 2. The van der Waals surface area contributed by atoms with Gasteiger partial charge in [0.05, 0.1) is 39.9 Å². The maximum absolute atomic E-state index is 11.6. The van der Waals surface area contributed by atoms with Crippen molar-refractivity contribution in [1.82, 2.24) is 0 Å². The van der Waals surface area contributed by atoms with Gasteiger partial charge in [0.25, 0.3) is 0 Å². The Hall–Kier alpha value is -3.14. The largest absolute Gasteiger partial charge is 1.00 e. The van der Waals surface area contributed by atoms with Crippen molar-refractivity contribution in [3.63, 3.8) is 0 Å². The quantitative estimate of drug-likeness (QED) is 0.112. The molecule has 0 bridgehead atoms. The molecule has 0 N–H and O–H groups in total. The van der Waals surface area contributed by atoms with Gasteiger partial charge in [-0.1, -0.05) is 74.2 Å². The van der Waals surface area contributed by atoms with Crippen LogP contribution in [-0.2, 0) is 31.1 Å². The van der Waals surface area contributed by atoms with E-state index in [1.54, 1.807) is 26.0 Å². The maximum atomic E-state index is 11.6. The topological polar surface area (TPSA) is 139 Å². The Kier molecular flexibility index (Phi) is 14.8. The number of benzene rings is 3. The molecule has 2 aliphatic heterocycles. The van der Waals surface area contributed by atoms with E-state index in [1.165, 1.54) is 0 Å². The summed E-state index contributed by atoms with van der Waals surface area (Å²) in [5, 5.41) is 0. The molecule has 58 heavy (non-hydrogen) atoms. The third kappa shape index (κ3) is 10.2. The number of thioether (sulfide) groups is 1. The van der Waals surface area contributed by atoms with Gasteiger partial charge in [-0.05, 0) is 86.6 Å². The van der Waals surface area contributed by atoms with E-state index in [4.69, 9.17) is 9.47 Å². The molecule has 3 aromatic rings. The SMILES string of the molecule is COc1ccc(SC2=C(/C=C/C3=[N+](CCCS(=O)(=O)[O-])c4ccccc4C3(C)C)CCC/C2=C\C=C2/N(CCCS(=O)(=O)[O-])c3ccccc3C2(C)C)cc1OC.[Na+]. The van der Waals surface area contributed by atoms with Crippen LogP contribution in [0.25, 0.3) is 0 Å². The molecule has 0 aromatic heterocycles. The summed E-state index contributed by atoms with van der Waals surface area (Å²) in [6.45, 7) is 9.45. The zero-order valence-corrected chi connectivity index (χ0v) is 38.9. The average molecular weight is 855 g/mol. The van der Waals surface area contributed by atoms with Crippen molar-refractivity contribution in [2.24, 2.45) is 0 Å². The second kappa shape index (κ2) is 18.6. The Bertz CT molecular complexity index is 2410. The first kappa shape index (κ1) is 45.9. The number of rotatable bonds is 15. The molecule has 1 aliphatic carbocycles. The van der Waals surface area contributed by atoms with Crippen molar-refractivity contribution in [1.29, 1.82) is 0 Å². The van der Waals surface area contributed by atoms with Crippen LogP contribution in [0.2, 0.25) is 0 Å². The van der Waals surface area contributed by atoms with Crippen LogP contribution in [0.1, 0.15) is 70.9 Å². The fourth-order valence-electron chi connectivity index (χ4n) is 8.27. The summed E-state index contributed by atoms with van der Waals surface area (Å²) >= 11 is 1.66. The van der Waals surface area contributed by atoms with Crippen LogP contribution in [0, 0.1) is 0 Å². The molecule has 0 saturated carbocycles. The number of nitrogens with zero attached hydrogens (tertiary/aromatic N) is 2. The summed E-state index contributed by atoms with van der Waals surface area (Å²) in [4.78, 5) is 4.23. The third-order valence-electron chi connectivity index (χ3n) is 11.1. The molecule has 10 nitrogen and oxygen atoms in total. The van der Waals surface area contributed by atoms with Gasteiger partial charge in [-0.25, -0.2) is 16.8 Å². The van der Waals surface area contributed by atoms with Gasteiger partial charge in [0.15, 0.2) is 17.2 Å². The molecular formula is C44H51N2NaO8S3. The Balaban J connectivity index is 0.00000641. The predicted octanol–water partition coefficient (Wildman–Crippen LogP) is 5.35. The minimum Gasteiger partial charge on any atom is -0.748 e. The van der Waals surface area contributed by atoms with E-state index in [2.05, 4.69) is 73.6 Å². The molecule has 304 valence electrons. The smallest absolute Gasteiger partial charge is 0.748 e.